The normalized spacial score (nSPS) is 26.9. The van der Waals surface area contributed by atoms with Crippen molar-refractivity contribution in [3.63, 3.8) is 0 Å². The van der Waals surface area contributed by atoms with Gasteiger partial charge in [0.2, 0.25) is 0 Å². The molecule has 1 saturated carbocycles. The molecule has 1 atom stereocenters. The third-order valence-corrected chi connectivity index (χ3v) is 5.44. The molecule has 1 saturated heterocycles. The predicted molar refractivity (Wildman–Crippen MR) is 89.1 cm³/mol. The van der Waals surface area contributed by atoms with Gasteiger partial charge in [0.25, 0.3) is 0 Å². The highest BCUT2D eigenvalue weighted by molar-refractivity contribution is 5.83. The Morgan fingerprint density at radius 3 is 2.35 bits per heavy atom. The number of carbonyl (C=O) groups excluding carboxylic acids is 1. The van der Waals surface area contributed by atoms with Gasteiger partial charge in [-0.3, -0.25) is 4.79 Å². The van der Waals surface area contributed by atoms with E-state index in [-0.39, 0.29) is 11.5 Å². The van der Waals surface area contributed by atoms with Crippen LogP contribution in [0.3, 0.4) is 0 Å². The second kappa shape index (κ2) is 6.62. The molecule has 3 rings (SSSR count). The Kier molecular flexibility index (Phi) is 4.74. The second-order valence-electron chi connectivity index (χ2n) is 6.90. The number of rotatable bonds is 4. The van der Waals surface area contributed by atoms with E-state index >= 15 is 0 Å². The quantitative estimate of drug-likeness (QED) is 0.867. The number of benzene rings is 1. The first-order valence-corrected chi connectivity index (χ1v) is 8.76. The average molecular weight is 317 g/mol. The maximum Gasteiger partial charge on any atom is 0.316 e. The van der Waals surface area contributed by atoms with Crippen molar-refractivity contribution in [1.82, 2.24) is 0 Å². The van der Waals surface area contributed by atoms with E-state index in [1.807, 2.05) is 6.92 Å². The Hall–Kier alpha value is -1.39. The van der Waals surface area contributed by atoms with Crippen LogP contribution in [0.1, 0.15) is 56.6 Å². The summed E-state index contributed by atoms with van der Waals surface area (Å²) >= 11 is 0. The van der Waals surface area contributed by atoms with Crippen LogP contribution in [0.25, 0.3) is 0 Å². The van der Waals surface area contributed by atoms with Crippen molar-refractivity contribution in [3.8, 4) is 0 Å². The molecular weight excluding hydrogens is 290 g/mol. The van der Waals surface area contributed by atoms with Crippen LogP contribution in [0.4, 0.5) is 0 Å². The molecule has 1 aliphatic heterocycles. The average Bonchev–Trinajstić information content (AvgIpc) is 3.04. The van der Waals surface area contributed by atoms with Crippen LogP contribution in [-0.2, 0) is 25.2 Å². The highest BCUT2D eigenvalue weighted by atomic mass is 16.5. The van der Waals surface area contributed by atoms with Crippen LogP contribution in [0, 0.1) is 0 Å². The van der Waals surface area contributed by atoms with Gasteiger partial charge in [0.05, 0.1) is 24.2 Å². The molecule has 2 N–H and O–H groups in total. The van der Waals surface area contributed by atoms with Crippen molar-refractivity contribution in [1.29, 1.82) is 0 Å². The van der Waals surface area contributed by atoms with E-state index in [2.05, 4.69) is 24.3 Å². The highest BCUT2D eigenvalue weighted by Gasteiger charge is 2.43. The summed E-state index contributed by atoms with van der Waals surface area (Å²) in [5, 5.41) is 0. The summed E-state index contributed by atoms with van der Waals surface area (Å²) in [4.78, 5) is 12.7. The molecule has 4 nitrogen and oxygen atoms in total. The number of esters is 1. The number of nitrogens with two attached hydrogens (primary N) is 1. The van der Waals surface area contributed by atoms with E-state index in [1.165, 1.54) is 6.42 Å². The fourth-order valence-corrected chi connectivity index (χ4v) is 3.96. The van der Waals surface area contributed by atoms with Gasteiger partial charge < -0.3 is 15.2 Å². The van der Waals surface area contributed by atoms with E-state index in [0.29, 0.717) is 19.8 Å². The molecule has 0 spiro atoms. The van der Waals surface area contributed by atoms with Gasteiger partial charge in [0.15, 0.2) is 0 Å². The lowest BCUT2D eigenvalue weighted by molar-refractivity contribution is -0.151. The summed E-state index contributed by atoms with van der Waals surface area (Å²) in [5.74, 6) is -0.0703. The van der Waals surface area contributed by atoms with Gasteiger partial charge >= 0.3 is 5.97 Å². The molecule has 2 fully saturated rings. The van der Waals surface area contributed by atoms with Gasteiger partial charge in [-0.05, 0) is 37.3 Å². The van der Waals surface area contributed by atoms with Gasteiger partial charge in [0.1, 0.15) is 0 Å². The lowest BCUT2D eigenvalue weighted by Crippen LogP contribution is -2.40. The third-order valence-electron chi connectivity index (χ3n) is 5.44. The van der Waals surface area contributed by atoms with Crippen molar-refractivity contribution in [3.05, 3.63) is 35.4 Å². The topological polar surface area (TPSA) is 61.5 Å². The van der Waals surface area contributed by atoms with Crippen LogP contribution in [0.2, 0.25) is 0 Å². The van der Waals surface area contributed by atoms with E-state index in [9.17, 15) is 4.79 Å². The minimum absolute atomic E-state index is 0.0703. The largest absolute Gasteiger partial charge is 0.465 e. The van der Waals surface area contributed by atoms with E-state index in [0.717, 1.165) is 43.2 Å². The summed E-state index contributed by atoms with van der Waals surface area (Å²) < 4.78 is 10.9. The fourth-order valence-electron chi connectivity index (χ4n) is 3.96. The molecule has 2 aliphatic rings. The van der Waals surface area contributed by atoms with Crippen molar-refractivity contribution >= 4 is 5.97 Å². The zero-order chi connectivity index (χ0) is 16.3. The molecule has 1 aliphatic carbocycles. The molecule has 0 bridgehead atoms. The summed E-state index contributed by atoms with van der Waals surface area (Å²) in [5.41, 5.74) is 7.74. The van der Waals surface area contributed by atoms with Gasteiger partial charge in [0, 0.05) is 6.61 Å². The van der Waals surface area contributed by atoms with Crippen LogP contribution >= 0.6 is 0 Å². The lowest BCUT2D eigenvalue weighted by Gasteiger charge is -2.35. The zero-order valence-corrected chi connectivity index (χ0v) is 14.0. The minimum atomic E-state index is -0.472. The summed E-state index contributed by atoms with van der Waals surface area (Å²) in [7, 11) is 0. The van der Waals surface area contributed by atoms with Crippen LogP contribution < -0.4 is 5.73 Å². The van der Waals surface area contributed by atoms with E-state index in [4.69, 9.17) is 15.2 Å². The van der Waals surface area contributed by atoms with Gasteiger partial charge in [-0.25, -0.2) is 0 Å². The first kappa shape index (κ1) is 16.5. The summed E-state index contributed by atoms with van der Waals surface area (Å²) in [6, 6.07) is 8.29. The molecule has 0 radical (unpaired) electrons. The van der Waals surface area contributed by atoms with E-state index in [1.54, 1.807) is 0 Å². The van der Waals surface area contributed by atoms with Gasteiger partial charge in [-0.15, -0.1) is 0 Å². The molecule has 1 unspecified atom stereocenters. The third kappa shape index (κ3) is 3.02. The zero-order valence-electron chi connectivity index (χ0n) is 14.0. The van der Waals surface area contributed by atoms with Gasteiger partial charge in [-0.1, -0.05) is 43.5 Å². The second-order valence-corrected chi connectivity index (χ2v) is 6.90. The number of carbonyl (C=O) groups is 1. The molecule has 126 valence electrons. The maximum atomic E-state index is 12.7. The van der Waals surface area contributed by atoms with Crippen molar-refractivity contribution in [2.75, 3.05) is 19.8 Å². The maximum absolute atomic E-state index is 12.7. The predicted octanol–water partition coefficient (Wildman–Crippen LogP) is 3.03. The molecule has 23 heavy (non-hydrogen) atoms. The Bertz CT molecular complexity index is 540. The number of hydrogen-bond acceptors (Lipinski definition) is 4. The Balaban J connectivity index is 1.89. The molecule has 4 heteroatoms. The molecule has 0 amide bonds. The number of ether oxygens (including phenoxy) is 2. The Labute approximate surface area is 138 Å². The molecule has 1 aromatic rings. The first-order valence-electron chi connectivity index (χ1n) is 8.76. The van der Waals surface area contributed by atoms with Gasteiger partial charge in [-0.2, -0.15) is 0 Å². The standard InChI is InChI=1S/C19H27NO3/c1-2-23-17(21)18(10-4-3-5-11-18)15-6-8-16(9-7-15)19(20)12-13-22-14-19/h6-9H,2-5,10-14,20H2,1H3. The number of hydrogen-bond donors (Lipinski definition) is 1. The highest BCUT2D eigenvalue weighted by Crippen LogP contribution is 2.41. The van der Waals surface area contributed by atoms with Crippen molar-refractivity contribution < 1.29 is 14.3 Å². The molecule has 1 heterocycles. The smallest absolute Gasteiger partial charge is 0.316 e. The summed E-state index contributed by atoms with van der Waals surface area (Å²) in [6.07, 6.45) is 5.95. The molecule has 0 aromatic heterocycles. The van der Waals surface area contributed by atoms with E-state index < -0.39 is 5.41 Å². The monoisotopic (exact) mass is 317 g/mol. The summed E-state index contributed by atoms with van der Waals surface area (Å²) in [6.45, 7) is 3.58. The fraction of sp³-hybridized carbons (Fsp3) is 0.632. The SMILES string of the molecule is CCOC(=O)C1(c2ccc(C3(N)CCOC3)cc2)CCCCC1. The Morgan fingerprint density at radius 1 is 1.13 bits per heavy atom. The Morgan fingerprint density at radius 2 is 1.78 bits per heavy atom. The lowest BCUT2D eigenvalue weighted by atomic mass is 9.69. The van der Waals surface area contributed by atoms with Crippen LogP contribution in [0.5, 0.6) is 0 Å². The molecule has 1 aromatic carbocycles. The minimum Gasteiger partial charge on any atom is -0.465 e. The van der Waals surface area contributed by atoms with Crippen LogP contribution in [0.15, 0.2) is 24.3 Å². The van der Waals surface area contributed by atoms with Crippen molar-refractivity contribution in [2.45, 2.75) is 56.4 Å². The first-order chi connectivity index (χ1) is 11.1. The molecular formula is C19H27NO3. The van der Waals surface area contributed by atoms with Crippen molar-refractivity contribution in [2.24, 2.45) is 5.73 Å². The van der Waals surface area contributed by atoms with Crippen LogP contribution in [-0.4, -0.2) is 25.8 Å².